The van der Waals surface area contributed by atoms with Crippen LogP contribution in [0.3, 0.4) is 0 Å². The van der Waals surface area contributed by atoms with E-state index in [1.807, 2.05) is 0 Å². The molecule has 0 spiro atoms. The minimum atomic E-state index is -2.13. The Kier molecular flexibility index (Phi) is 2.79. The normalized spacial score (nSPS) is 8.36. The fraction of sp³-hybridized carbons (Fsp3) is 0. The van der Waals surface area contributed by atoms with Crippen molar-refractivity contribution in [3.63, 3.8) is 0 Å². The molecule has 0 heterocycles. The molecule has 0 aromatic rings. The van der Waals surface area contributed by atoms with Crippen LogP contribution >= 0.6 is 0 Å². The summed E-state index contributed by atoms with van der Waals surface area (Å²) in [4.78, 5) is 29.2. The van der Waals surface area contributed by atoms with Crippen LogP contribution in [-0.2, 0) is 14.4 Å². The summed E-state index contributed by atoms with van der Waals surface area (Å²) in [6, 6.07) is 0. The molecule has 0 radical (unpaired) electrons. The Labute approximate surface area is 60.4 Å². The Balaban J connectivity index is 4.75. The summed E-state index contributed by atoms with van der Waals surface area (Å²) in [5, 5.41) is 29.2. The highest BCUT2D eigenvalue weighted by molar-refractivity contribution is 6.13. The lowest BCUT2D eigenvalue weighted by Gasteiger charge is -2.08. The van der Waals surface area contributed by atoms with Crippen LogP contribution in [0.25, 0.3) is 0 Å². The molecule has 0 saturated heterocycles. The van der Waals surface area contributed by atoms with Gasteiger partial charge in [0.1, 0.15) is 0 Å². The molecule has 0 fully saturated rings. The molecule has 0 N–H and O–H groups in total. The van der Waals surface area contributed by atoms with Gasteiger partial charge in [-0.15, -0.1) is 0 Å². The SMILES string of the molecule is O=C([O-])C=C(C(=O)[O-])C(=O)[O-]. The predicted octanol–water partition coefficient (Wildman–Crippen LogP) is -4.84. The zero-order chi connectivity index (χ0) is 9.02. The lowest BCUT2D eigenvalue weighted by molar-refractivity contribution is -0.314. The van der Waals surface area contributed by atoms with E-state index in [1.165, 1.54) is 0 Å². The zero-order valence-electron chi connectivity index (χ0n) is 5.03. The summed E-state index contributed by atoms with van der Waals surface area (Å²) < 4.78 is 0. The van der Waals surface area contributed by atoms with Gasteiger partial charge in [-0.3, -0.25) is 0 Å². The Morgan fingerprint density at radius 3 is 1.36 bits per heavy atom. The Hall–Kier alpha value is -1.85. The van der Waals surface area contributed by atoms with E-state index in [9.17, 15) is 29.7 Å². The Morgan fingerprint density at radius 1 is 0.909 bits per heavy atom. The number of hydrogen-bond donors (Lipinski definition) is 0. The molecule has 0 bridgehead atoms. The summed E-state index contributed by atoms with van der Waals surface area (Å²) in [5.74, 6) is -6.20. The van der Waals surface area contributed by atoms with Crippen molar-refractivity contribution in [2.45, 2.75) is 0 Å². The quantitative estimate of drug-likeness (QED) is 0.230. The van der Waals surface area contributed by atoms with Crippen molar-refractivity contribution >= 4 is 17.9 Å². The van der Waals surface area contributed by atoms with Crippen molar-refractivity contribution in [3.8, 4) is 0 Å². The zero-order valence-corrected chi connectivity index (χ0v) is 5.03. The van der Waals surface area contributed by atoms with Crippen LogP contribution in [0.5, 0.6) is 0 Å². The minimum absolute atomic E-state index is 0.120. The van der Waals surface area contributed by atoms with Crippen molar-refractivity contribution in [2.75, 3.05) is 0 Å². The third-order valence-electron chi connectivity index (χ3n) is 0.702. The second-order valence-corrected chi connectivity index (χ2v) is 1.45. The smallest absolute Gasteiger partial charge is 0.0734 e. The Morgan fingerprint density at radius 2 is 1.27 bits per heavy atom. The molecule has 11 heavy (non-hydrogen) atoms. The third-order valence-corrected chi connectivity index (χ3v) is 0.702. The maximum Gasteiger partial charge on any atom is 0.0734 e. The van der Waals surface area contributed by atoms with Crippen LogP contribution in [0.15, 0.2) is 11.6 Å². The first-order valence-electron chi connectivity index (χ1n) is 2.30. The summed E-state index contributed by atoms with van der Waals surface area (Å²) in [6.07, 6.45) is -0.120. The van der Waals surface area contributed by atoms with Gasteiger partial charge in [0.15, 0.2) is 0 Å². The van der Waals surface area contributed by atoms with Crippen molar-refractivity contribution < 1.29 is 29.7 Å². The molecule has 6 nitrogen and oxygen atoms in total. The summed E-state index contributed by atoms with van der Waals surface area (Å²) >= 11 is 0. The molecule has 0 atom stereocenters. The summed E-state index contributed by atoms with van der Waals surface area (Å²) in [5.41, 5.74) is -1.45. The van der Waals surface area contributed by atoms with Gasteiger partial charge >= 0.3 is 0 Å². The van der Waals surface area contributed by atoms with Crippen LogP contribution < -0.4 is 15.3 Å². The molecule has 6 heteroatoms. The van der Waals surface area contributed by atoms with Gasteiger partial charge in [-0.05, 0) is 6.08 Å². The molecular weight excluding hydrogens is 156 g/mol. The maximum atomic E-state index is 9.79. The monoisotopic (exact) mass is 157 g/mol. The van der Waals surface area contributed by atoms with Crippen molar-refractivity contribution in [1.82, 2.24) is 0 Å². The van der Waals surface area contributed by atoms with Gasteiger partial charge < -0.3 is 29.7 Å². The van der Waals surface area contributed by atoms with Crippen LogP contribution in [0, 0.1) is 0 Å². The van der Waals surface area contributed by atoms with Crippen LogP contribution in [0.4, 0.5) is 0 Å². The first-order chi connectivity index (χ1) is 4.95. The van der Waals surface area contributed by atoms with Gasteiger partial charge in [0.2, 0.25) is 0 Å². The van der Waals surface area contributed by atoms with E-state index in [0.717, 1.165) is 0 Å². The lowest BCUT2D eigenvalue weighted by atomic mass is 10.2. The van der Waals surface area contributed by atoms with Gasteiger partial charge in [0, 0.05) is 5.57 Å². The fourth-order valence-corrected chi connectivity index (χ4v) is 0.319. The highest BCUT2D eigenvalue weighted by Gasteiger charge is 1.97. The first-order valence-corrected chi connectivity index (χ1v) is 2.30. The number of aliphatic carboxylic acids is 3. The predicted molar refractivity (Wildman–Crippen MR) is 23.1 cm³/mol. The van der Waals surface area contributed by atoms with Crippen molar-refractivity contribution in [3.05, 3.63) is 11.6 Å². The lowest BCUT2D eigenvalue weighted by Crippen LogP contribution is -2.37. The molecule has 0 aromatic carbocycles. The first kappa shape index (κ1) is 9.15. The van der Waals surface area contributed by atoms with E-state index in [-0.39, 0.29) is 6.08 Å². The van der Waals surface area contributed by atoms with E-state index in [2.05, 4.69) is 0 Å². The molecule has 0 saturated carbocycles. The van der Waals surface area contributed by atoms with Crippen molar-refractivity contribution in [2.24, 2.45) is 0 Å². The van der Waals surface area contributed by atoms with E-state index >= 15 is 0 Å². The molecule has 0 aliphatic heterocycles. The van der Waals surface area contributed by atoms with E-state index < -0.39 is 23.5 Å². The second-order valence-electron chi connectivity index (χ2n) is 1.45. The van der Waals surface area contributed by atoms with Gasteiger partial charge in [-0.1, -0.05) is 0 Å². The van der Waals surface area contributed by atoms with Gasteiger partial charge in [-0.2, -0.15) is 0 Å². The van der Waals surface area contributed by atoms with E-state index in [1.54, 1.807) is 0 Å². The summed E-state index contributed by atoms with van der Waals surface area (Å²) in [6.45, 7) is 0. The molecule has 0 rings (SSSR count). The number of carboxylic acid groups (broad SMARTS) is 3. The molecule has 0 aromatic heterocycles. The number of carbonyl (C=O) groups excluding carboxylic acids is 3. The highest BCUT2D eigenvalue weighted by Crippen LogP contribution is 1.88. The number of rotatable bonds is 3. The van der Waals surface area contributed by atoms with E-state index in [4.69, 9.17) is 0 Å². The van der Waals surface area contributed by atoms with Gasteiger partial charge in [0.25, 0.3) is 0 Å². The van der Waals surface area contributed by atoms with Gasteiger partial charge in [0.05, 0.1) is 17.9 Å². The molecule has 0 aliphatic rings. The number of carbonyl (C=O) groups is 3. The molecule has 0 unspecified atom stereocenters. The van der Waals surface area contributed by atoms with E-state index in [0.29, 0.717) is 0 Å². The second kappa shape index (κ2) is 3.35. The van der Waals surface area contributed by atoms with Crippen molar-refractivity contribution in [1.29, 1.82) is 0 Å². The fourth-order valence-electron chi connectivity index (χ4n) is 0.319. The maximum absolute atomic E-state index is 9.79. The summed E-state index contributed by atoms with van der Waals surface area (Å²) in [7, 11) is 0. The molecule has 0 amide bonds. The third kappa shape index (κ3) is 2.99. The molecule has 60 valence electrons. The minimum Gasteiger partial charge on any atom is -0.545 e. The number of hydrogen-bond acceptors (Lipinski definition) is 6. The highest BCUT2D eigenvalue weighted by atomic mass is 16.4. The molecular formula is C5HO6-3. The van der Waals surface area contributed by atoms with Crippen LogP contribution in [0.2, 0.25) is 0 Å². The van der Waals surface area contributed by atoms with Gasteiger partial charge in [-0.25, -0.2) is 0 Å². The Bertz CT molecular complexity index is 221. The van der Waals surface area contributed by atoms with Crippen LogP contribution in [0.1, 0.15) is 0 Å². The number of carboxylic acids is 3. The molecule has 0 aliphatic carbocycles. The topological polar surface area (TPSA) is 120 Å². The standard InChI is InChI=1S/C5H4O6/c6-3(7)1-2(4(8)9)5(10)11/h1H,(H,6,7)(H,8,9)(H,10,11)/p-3. The average Bonchev–Trinajstić information content (AvgIpc) is 1.81. The largest absolute Gasteiger partial charge is 0.545 e. The average molecular weight is 157 g/mol. The van der Waals surface area contributed by atoms with Crippen LogP contribution in [-0.4, -0.2) is 17.9 Å².